The summed E-state index contributed by atoms with van der Waals surface area (Å²) in [6, 6.07) is 4.26. The molecule has 6 heteroatoms. The number of aliphatic carboxylic acids is 1. The Morgan fingerprint density at radius 3 is 2.74 bits per heavy atom. The lowest BCUT2D eigenvalue weighted by Crippen LogP contribution is -2.33. The van der Waals surface area contributed by atoms with E-state index in [1.807, 2.05) is 13.8 Å². The van der Waals surface area contributed by atoms with Crippen LogP contribution in [0.1, 0.15) is 26.7 Å². The molecule has 0 aliphatic rings. The number of rotatable bonds is 5. The van der Waals surface area contributed by atoms with E-state index in [0.717, 1.165) is 0 Å². The molecule has 0 aliphatic heterocycles. The van der Waals surface area contributed by atoms with Crippen LogP contribution < -0.4 is 0 Å². The lowest BCUT2D eigenvalue weighted by molar-refractivity contribution is -0.140. The number of hydrogen-bond donors (Lipinski definition) is 2. The van der Waals surface area contributed by atoms with Gasteiger partial charge in [0.15, 0.2) is 5.16 Å². The van der Waals surface area contributed by atoms with Gasteiger partial charge in [0.25, 0.3) is 0 Å². The Morgan fingerprint density at radius 1 is 1.47 bits per heavy atom. The number of carbonyl (C=O) groups is 1. The van der Waals surface area contributed by atoms with E-state index in [1.165, 1.54) is 23.9 Å². The van der Waals surface area contributed by atoms with Crippen molar-refractivity contribution in [2.75, 3.05) is 0 Å². The maximum absolute atomic E-state index is 13.1. The van der Waals surface area contributed by atoms with Crippen LogP contribution in [-0.4, -0.2) is 25.8 Å². The molecule has 19 heavy (non-hydrogen) atoms. The number of imidazole rings is 1. The largest absolute Gasteiger partial charge is 0.480 e. The van der Waals surface area contributed by atoms with Crippen molar-refractivity contribution in [3.05, 3.63) is 24.0 Å². The summed E-state index contributed by atoms with van der Waals surface area (Å²) >= 11 is 1.19. The summed E-state index contributed by atoms with van der Waals surface area (Å²) in [5, 5.41) is 9.89. The Hall–Kier alpha value is -1.56. The molecule has 2 N–H and O–H groups in total. The minimum absolute atomic E-state index is 0.344. The van der Waals surface area contributed by atoms with Gasteiger partial charge in [-0.15, -0.1) is 0 Å². The predicted octanol–water partition coefficient (Wildman–Crippen LogP) is 3.44. The second-order valence-corrected chi connectivity index (χ2v) is 5.68. The average Bonchev–Trinajstić information content (AvgIpc) is 2.77. The monoisotopic (exact) mass is 282 g/mol. The summed E-state index contributed by atoms with van der Waals surface area (Å²) in [6.45, 7) is 3.68. The molecular formula is C13H15FN2O2S. The van der Waals surface area contributed by atoms with Crippen LogP contribution in [0.5, 0.6) is 0 Å². The van der Waals surface area contributed by atoms with Crippen molar-refractivity contribution in [2.24, 2.45) is 0 Å². The Labute approximate surface area is 114 Å². The number of fused-ring (bicyclic) bond motifs is 1. The summed E-state index contributed by atoms with van der Waals surface area (Å²) in [5.41, 5.74) is 1.21. The molecule has 2 rings (SSSR count). The van der Waals surface area contributed by atoms with E-state index < -0.39 is 10.7 Å². The molecule has 0 saturated heterocycles. The number of H-pyrrole nitrogens is 1. The molecule has 0 fully saturated rings. The predicted molar refractivity (Wildman–Crippen MR) is 72.9 cm³/mol. The van der Waals surface area contributed by atoms with Gasteiger partial charge in [0, 0.05) is 0 Å². The van der Waals surface area contributed by atoms with E-state index >= 15 is 0 Å². The molecule has 0 atom stereocenters. The molecule has 0 unspecified atom stereocenters. The van der Waals surface area contributed by atoms with Crippen molar-refractivity contribution < 1.29 is 14.3 Å². The summed E-state index contributed by atoms with van der Waals surface area (Å²) in [4.78, 5) is 18.7. The molecule has 0 spiro atoms. The SMILES string of the molecule is CCC(CC)(Sc1nc2ccc(F)cc2[nH]1)C(=O)O. The number of carboxylic acids is 1. The number of aromatic amines is 1. The van der Waals surface area contributed by atoms with Gasteiger partial charge in [0.2, 0.25) is 0 Å². The van der Waals surface area contributed by atoms with Crippen molar-refractivity contribution in [1.82, 2.24) is 9.97 Å². The zero-order valence-corrected chi connectivity index (χ0v) is 11.6. The van der Waals surface area contributed by atoms with Gasteiger partial charge in [0.05, 0.1) is 11.0 Å². The highest BCUT2D eigenvalue weighted by molar-refractivity contribution is 8.01. The summed E-state index contributed by atoms with van der Waals surface area (Å²) < 4.78 is 12.2. The Balaban J connectivity index is 2.36. The van der Waals surface area contributed by atoms with Crippen LogP contribution in [0.25, 0.3) is 11.0 Å². The zero-order valence-electron chi connectivity index (χ0n) is 10.7. The quantitative estimate of drug-likeness (QED) is 0.824. The van der Waals surface area contributed by atoms with E-state index in [1.54, 1.807) is 6.07 Å². The summed E-state index contributed by atoms with van der Waals surface area (Å²) in [5.74, 6) is -1.20. The highest BCUT2D eigenvalue weighted by atomic mass is 32.2. The van der Waals surface area contributed by atoms with Crippen LogP contribution in [0, 0.1) is 5.82 Å². The number of carboxylic acid groups (broad SMARTS) is 1. The van der Waals surface area contributed by atoms with Gasteiger partial charge in [-0.2, -0.15) is 0 Å². The molecular weight excluding hydrogens is 267 g/mol. The lowest BCUT2D eigenvalue weighted by Gasteiger charge is -2.24. The number of thioether (sulfide) groups is 1. The van der Waals surface area contributed by atoms with Gasteiger partial charge in [-0.25, -0.2) is 9.37 Å². The van der Waals surface area contributed by atoms with Crippen LogP contribution in [0.2, 0.25) is 0 Å². The number of halogens is 1. The third-order valence-electron chi connectivity index (χ3n) is 3.25. The van der Waals surface area contributed by atoms with Gasteiger partial charge in [-0.05, 0) is 31.0 Å². The maximum Gasteiger partial charge on any atom is 0.320 e. The second-order valence-electron chi connectivity index (χ2n) is 4.31. The minimum atomic E-state index is -0.896. The zero-order chi connectivity index (χ0) is 14.0. The Bertz CT molecular complexity index is 608. The van der Waals surface area contributed by atoms with E-state index in [0.29, 0.717) is 29.0 Å². The van der Waals surface area contributed by atoms with Gasteiger partial charge >= 0.3 is 5.97 Å². The van der Waals surface area contributed by atoms with Gasteiger partial charge in [-0.3, -0.25) is 4.79 Å². The Kier molecular flexibility index (Phi) is 3.80. The van der Waals surface area contributed by atoms with Gasteiger partial charge in [-0.1, -0.05) is 25.6 Å². The Morgan fingerprint density at radius 2 is 2.16 bits per heavy atom. The number of aromatic nitrogens is 2. The molecule has 0 amide bonds. The number of benzene rings is 1. The van der Waals surface area contributed by atoms with Crippen LogP contribution in [0.4, 0.5) is 4.39 Å². The maximum atomic E-state index is 13.1. The van der Waals surface area contributed by atoms with E-state index in [9.17, 15) is 14.3 Å². The fourth-order valence-electron chi connectivity index (χ4n) is 1.93. The minimum Gasteiger partial charge on any atom is -0.480 e. The molecule has 1 heterocycles. The van der Waals surface area contributed by atoms with Crippen molar-refractivity contribution in [1.29, 1.82) is 0 Å². The van der Waals surface area contributed by atoms with Crippen molar-refractivity contribution in [2.45, 2.75) is 36.6 Å². The van der Waals surface area contributed by atoms with E-state index in [-0.39, 0.29) is 5.82 Å². The number of nitrogens with zero attached hydrogens (tertiary/aromatic N) is 1. The van der Waals surface area contributed by atoms with Crippen LogP contribution in [-0.2, 0) is 4.79 Å². The topological polar surface area (TPSA) is 66.0 Å². The van der Waals surface area contributed by atoms with Crippen LogP contribution >= 0.6 is 11.8 Å². The first-order valence-electron chi connectivity index (χ1n) is 6.08. The fraction of sp³-hybridized carbons (Fsp3) is 0.385. The summed E-state index contributed by atoms with van der Waals surface area (Å²) in [7, 11) is 0. The molecule has 0 aliphatic carbocycles. The van der Waals surface area contributed by atoms with Crippen molar-refractivity contribution in [3.63, 3.8) is 0 Å². The number of hydrogen-bond acceptors (Lipinski definition) is 3. The molecule has 2 aromatic rings. The highest BCUT2D eigenvalue weighted by Crippen LogP contribution is 2.38. The highest BCUT2D eigenvalue weighted by Gasteiger charge is 2.37. The fourth-order valence-corrected chi connectivity index (χ4v) is 2.98. The number of nitrogens with one attached hydrogen (secondary N) is 1. The second kappa shape index (κ2) is 5.21. The molecule has 1 aromatic heterocycles. The van der Waals surface area contributed by atoms with Crippen molar-refractivity contribution in [3.8, 4) is 0 Å². The first-order valence-corrected chi connectivity index (χ1v) is 6.90. The third-order valence-corrected chi connectivity index (χ3v) is 4.78. The smallest absolute Gasteiger partial charge is 0.320 e. The van der Waals surface area contributed by atoms with Crippen LogP contribution in [0.15, 0.2) is 23.4 Å². The summed E-state index contributed by atoms with van der Waals surface area (Å²) in [6.07, 6.45) is 0.990. The standard InChI is InChI=1S/C13H15FN2O2S/c1-3-13(4-2,11(17)18)19-12-15-9-6-5-8(14)7-10(9)16-12/h5-7H,3-4H2,1-2H3,(H,15,16)(H,17,18). The first kappa shape index (κ1) is 13.9. The molecule has 4 nitrogen and oxygen atoms in total. The van der Waals surface area contributed by atoms with Crippen molar-refractivity contribution >= 4 is 28.8 Å². The van der Waals surface area contributed by atoms with E-state index in [2.05, 4.69) is 9.97 Å². The normalized spacial score (nSPS) is 11.9. The molecule has 0 saturated carbocycles. The third kappa shape index (κ3) is 2.58. The molecule has 0 radical (unpaired) electrons. The van der Waals surface area contributed by atoms with E-state index in [4.69, 9.17) is 0 Å². The molecule has 1 aromatic carbocycles. The average molecular weight is 282 g/mol. The van der Waals surface area contributed by atoms with Crippen LogP contribution in [0.3, 0.4) is 0 Å². The molecule has 0 bridgehead atoms. The van der Waals surface area contributed by atoms with Gasteiger partial charge in [0.1, 0.15) is 10.6 Å². The lowest BCUT2D eigenvalue weighted by atomic mass is 10.0. The molecule has 102 valence electrons. The van der Waals surface area contributed by atoms with Gasteiger partial charge < -0.3 is 10.1 Å². The first-order chi connectivity index (χ1) is 9.00.